The molecule has 1 fully saturated rings. The normalized spacial score (nSPS) is 14.8. The van der Waals surface area contributed by atoms with Crippen molar-refractivity contribution in [2.45, 2.75) is 25.8 Å². The molecule has 1 N–H and O–H groups in total. The number of aryl methyl sites for hydroxylation is 1. The van der Waals surface area contributed by atoms with Gasteiger partial charge in [0.2, 0.25) is 5.91 Å². The zero-order valence-electron chi connectivity index (χ0n) is 17.3. The Morgan fingerprint density at radius 1 is 1.13 bits per heavy atom. The maximum atomic E-state index is 13.1. The van der Waals surface area contributed by atoms with Crippen molar-refractivity contribution in [2.75, 3.05) is 39.4 Å². The second-order valence-corrected chi connectivity index (χ2v) is 7.68. The minimum Gasteiger partial charge on any atom is -0.379 e. The first-order valence-corrected chi connectivity index (χ1v) is 10.7. The number of nitrogens with zero attached hydrogens (tertiary/aromatic N) is 4. The Morgan fingerprint density at radius 3 is 2.73 bits per heavy atom. The number of amides is 1. The van der Waals surface area contributed by atoms with E-state index < -0.39 is 0 Å². The summed E-state index contributed by atoms with van der Waals surface area (Å²) in [5.41, 5.74) is 3.06. The number of aromatic amines is 1. The fourth-order valence-electron chi connectivity index (χ4n) is 3.82. The van der Waals surface area contributed by atoms with E-state index in [0.29, 0.717) is 19.4 Å². The number of carbonyl (C=O) groups excluding carboxylic acids is 1. The molecule has 158 valence electrons. The Balaban J connectivity index is 1.34. The van der Waals surface area contributed by atoms with Crippen molar-refractivity contribution in [2.24, 2.45) is 0 Å². The first kappa shape index (κ1) is 20.5. The van der Waals surface area contributed by atoms with Gasteiger partial charge in [-0.25, -0.2) is 4.98 Å². The predicted molar refractivity (Wildman–Crippen MR) is 116 cm³/mol. The van der Waals surface area contributed by atoms with E-state index >= 15 is 0 Å². The minimum absolute atomic E-state index is 0.161. The largest absolute Gasteiger partial charge is 0.379 e. The van der Waals surface area contributed by atoms with Crippen molar-refractivity contribution in [3.63, 3.8) is 0 Å². The number of fused-ring (bicyclic) bond motifs is 1. The lowest BCUT2D eigenvalue weighted by Crippen LogP contribution is -2.39. The number of imidazole rings is 1. The molecule has 0 bridgehead atoms. The number of hydrogen-bond donors (Lipinski definition) is 1. The molecule has 0 atom stereocenters. The van der Waals surface area contributed by atoms with Crippen LogP contribution in [-0.2, 0) is 22.5 Å². The average Bonchev–Trinajstić information content (AvgIpc) is 3.21. The second kappa shape index (κ2) is 10.3. The van der Waals surface area contributed by atoms with Crippen LogP contribution in [0.5, 0.6) is 0 Å². The van der Waals surface area contributed by atoms with Crippen LogP contribution in [0.2, 0.25) is 0 Å². The Labute approximate surface area is 177 Å². The van der Waals surface area contributed by atoms with E-state index in [4.69, 9.17) is 4.74 Å². The Bertz CT molecular complexity index is 904. The van der Waals surface area contributed by atoms with Gasteiger partial charge in [0.1, 0.15) is 5.82 Å². The molecule has 1 amide bonds. The number of benzene rings is 1. The minimum atomic E-state index is 0.161. The first-order valence-electron chi connectivity index (χ1n) is 10.7. The number of para-hydroxylation sites is 2. The van der Waals surface area contributed by atoms with Crippen molar-refractivity contribution in [1.29, 1.82) is 0 Å². The molecule has 0 radical (unpaired) electrons. The van der Waals surface area contributed by atoms with Gasteiger partial charge in [0.05, 0.1) is 24.2 Å². The highest BCUT2D eigenvalue weighted by molar-refractivity contribution is 5.77. The number of morpholine rings is 1. The molecule has 30 heavy (non-hydrogen) atoms. The maximum Gasteiger partial charge on any atom is 0.223 e. The second-order valence-electron chi connectivity index (χ2n) is 7.68. The number of pyridine rings is 1. The van der Waals surface area contributed by atoms with Crippen LogP contribution in [0.15, 0.2) is 48.8 Å². The zero-order chi connectivity index (χ0) is 20.6. The first-order chi connectivity index (χ1) is 14.8. The van der Waals surface area contributed by atoms with Gasteiger partial charge < -0.3 is 14.6 Å². The van der Waals surface area contributed by atoms with Crippen LogP contribution in [0.4, 0.5) is 0 Å². The summed E-state index contributed by atoms with van der Waals surface area (Å²) in [7, 11) is 0. The number of hydrogen-bond acceptors (Lipinski definition) is 5. The maximum absolute atomic E-state index is 13.1. The summed E-state index contributed by atoms with van der Waals surface area (Å²) >= 11 is 0. The van der Waals surface area contributed by atoms with E-state index in [0.717, 1.165) is 68.2 Å². The molecule has 1 aliphatic heterocycles. The highest BCUT2D eigenvalue weighted by Gasteiger charge is 2.16. The summed E-state index contributed by atoms with van der Waals surface area (Å²) in [5, 5.41) is 0. The van der Waals surface area contributed by atoms with Gasteiger partial charge in [-0.05, 0) is 36.2 Å². The predicted octanol–water partition coefficient (Wildman–Crippen LogP) is 2.64. The molecule has 2 aromatic heterocycles. The van der Waals surface area contributed by atoms with Gasteiger partial charge in [0, 0.05) is 58.0 Å². The van der Waals surface area contributed by atoms with E-state index in [1.54, 1.807) is 12.4 Å². The molecule has 0 unspecified atom stereocenters. The summed E-state index contributed by atoms with van der Waals surface area (Å²) in [6.07, 6.45) is 5.58. The molecule has 0 aliphatic carbocycles. The summed E-state index contributed by atoms with van der Waals surface area (Å²) < 4.78 is 5.42. The standard InChI is InChI=1S/C23H29N5O2/c29-23(7-6-22-25-20-4-1-2-5-21(20)26-22)28(18-19-8-10-24-11-9-19)13-3-12-27-14-16-30-17-15-27/h1-2,4-5,8-11H,3,6-7,12-18H2,(H,25,26). The molecule has 1 aliphatic rings. The molecule has 7 heteroatoms. The van der Waals surface area contributed by atoms with Crippen LogP contribution in [0.1, 0.15) is 24.2 Å². The van der Waals surface area contributed by atoms with Crippen LogP contribution in [-0.4, -0.2) is 70.1 Å². The fraction of sp³-hybridized carbons (Fsp3) is 0.435. The average molecular weight is 408 g/mol. The quantitative estimate of drug-likeness (QED) is 0.590. The highest BCUT2D eigenvalue weighted by atomic mass is 16.5. The Kier molecular flexibility index (Phi) is 7.05. The molecule has 4 rings (SSSR count). The van der Waals surface area contributed by atoms with Crippen molar-refractivity contribution >= 4 is 16.9 Å². The lowest BCUT2D eigenvalue weighted by atomic mass is 10.2. The molecule has 7 nitrogen and oxygen atoms in total. The van der Waals surface area contributed by atoms with Gasteiger partial charge in [-0.15, -0.1) is 0 Å². The molecular weight excluding hydrogens is 378 g/mol. The van der Waals surface area contributed by atoms with Gasteiger partial charge in [-0.2, -0.15) is 0 Å². The number of H-pyrrole nitrogens is 1. The molecule has 1 aromatic carbocycles. The SMILES string of the molecule is O=C(CCc1nc2ccccc2[nH]1)N(CCCN1CCOCC1)Cc1ccncc1. The van der Waals surface area contributed by atoms with Crippen molar-refractivity contribution in [3.05, 3.63) is 60.2 Å². The topological polar surface area (TPSA) is 74.4 Å². The molecule has 3 heterocycles. The van der Waals surface area contributed by atoms with Crippen LogP contribution >= 0.6 is 0 Å². The number of ether oxygens (including phenoxy) is 1. The fourth-order valence-corrected chi connectivity index (χ4v) is 3.82. The van der Waals surface area contributed by atoms with Gasteiger partial charge in [0.25, 0.3) is 0 Å². The lowest BCUT2D eigenvalue weighted by molar-refractivity contribution is -0.132. The number of carbonyl (C=O) groups is 1. The highest BCUT2D eigenvalue weighted by Crippen LogP contribution is 2.13. The number of nitrogens with one attached hydrogen (secondary N) is 1. The molecule has 0 spiro atoms. The lowest BCUT2D eigenvalue weighted by Gasteiger charge is -2.28. The van der Waals surface area contributed by atoms with Crippen LogP contribution in [0.25, 0.3) is 11.0 Å². The van der Waals surface area contributed by atoms with E-state index in [2.05, 4.69) is 19.9 Å². The van der Waals surface area contributed by atoms with Crippen molar-refractivity contribution in [3.8, 4) is 0 Å². The van der Waals surface area contributed by atoms with Crippen molar-refractivity contribution in [1.82, 2.24) is 24.8 Å². The van der Waals surface area contributed by atoms with Gasteiger partial charge in [-0.3, -0.25) is 14.7 Å². The third kappa shape index (κ3) is 5.64. The van der Waals surface area contributed by atoms with E-state index in [-0.39, 0.29) is 5.91 Å². The number of aromatic nitrogens is 3. The summed E-state index contributed by atoms with van der Waals surface area (Å²) in [6, 6.07) is 11.9. The van der Waals surface area contributed by atoms with Crippen LogP contribution in [0.3, 0.4) is 0 Å². The van der Waals surface area contributed by atoms with E-state index in [1.807, 2.05) is 41.3 Å². The third-order valence-corrected chi connectivity index (χ3v) is 5.50. The summed E-state index contributed by atoms with van der Waals surface area (Å²) in [6.45, 7) is 5.92. The Morgan fingerprint density at radius 2 is 1.93 bits per heavy atom. The monoisotopic (exact) mass is 407 g/mol. The summed E-state index contributed by atoms with van der Waals surface area (Å²) in [5.74, 6) is 1.02. The molecular formula is C23H29N5O2. The van der Waals surface area contributed by atoms with Gasteiger partial charge in [0.15, 0.2) is 0 Å². The number of rotatable bonds is 9. The molecule has 3 aromatic rings. The van der Waals surface area contributed by atoms with Crippen LogP contribution < -0.4 is 0 Å². The Hall–Kier alpha value is -2.77. The van der Waals surface area contributed by atoms with E-state index in [1.165, 1.54) is 0 Å². The molecule has 0 saturated carbocycles. The smallest absolute Gasteiger partial charge is 0.223 e. The van der Waals surface area contributed by atoms with Gasteiger partial charge in [-0.1, -0.05) is 12.1 Å². The zero-order valence-corrected chi connectivity index (χ0v) is 17.3. The van der Waals surface area contributed by atoms with Gasteiger partial charge >= 0.3 is 0 Å². The third-order valence-electron chi connectivity index (χ3n) is 5.50. The summed E-state index contributed by atoms with van der Waals surface area (Å²) in [4.78, 5) is 29.4. The molecule has 1 saturated heterocycles. The van der Waals surface area contributed by atoms with Crippen molar-refractivity contribution < 1.29 is 9.53 Å². The van der Waals surface area contributed by atoms with Crippen LogP contribution in [0, 0.1) is 0 Å². The van der Waals surface area contributed by atoms with E-state index in [9.17, 15) is 4.79 Å².